The van der Waals surface area contributed by atoms with E-state index in [1.54, 1.807) is 6.92 Å². The first-order valence-electron chi connectivity index (χ1n) is 6.05. The van der Waals surface area contributed by atoms with Crippen molar-refractivity contribution in [1.29, 1.82) is 0 Å². The number of aliphatic hydroxyl groups is 1. The van der Waals surface area contributed by atoms with Gasteiger partial charge in [0.05, 0.1) is 17.6 Å². The zero-order valence-corrected chi connectivity index (χ0v) is 10.4. The fourth-order valence-electron chi connectivity index (χ4n) is 2.55. The van der Waals surface area contributed by atoms with Crippen LogP contribution in [0.5, 0.6) is 0 Å². The molecule has 98 valence electrons. The molecule has 1 saturated heterocycles. The standard InChI is InChI=1S/C14H18O4/c1-13(17,11-5-3-2-4-6-11)9-14(12(15)16)7-8-18-10-14/h2-6,17H,7-10H2,1H3,(H,15,16). The maximum absolute atomic E-state index is 11.4. The Labute approximate surface area is 106 Å². The molecule has 1 aromatic rings. The molecule has 1 aliphatic rings. The number of ether oxygens (including phenoxy) is 1. The van der Waals surface area contributed by atoms with Crippen molar-refractivity contribution in [3.63, 3.8) is 0 Å². The van der Waals surface area contributed by atoms with Gasteiger partial charge in [-0.25, -0.2) is 0 Å². The summed E-state index contributed by atoms with van der Waals surface area (Å²) in [5.41, 5.74) is -1.40. The molecule has 4 nitrogen and oxygen atoms in total. The molecule has 18 heavy (non-hydrogen) atoms. The minimum atomic E-state index is -1.16. The van der Waals surface area contributed by atoms with E-state index in [0.29, 0.717) is 13.0 Å². The Morgan fingerprint density at radius 2 is 2.11 bits per heavy atom. The van der Waals surface area contributed by atoms with Crippen molar-refractivity contribution >= 4 is 5.97 Å². The third-order valence-electron chi connectivity index (χ3n) is 3.64. The van der Waals surface area contributed by atoms with E-state index >= 15 is 0 Å². The lowest BCUT2D eigenvalue weighted by Crippen LogP contribution is -2.39. The van der Waals surface area contributed by atoms with Crippen LogP contribution in [0.2, 0.25) is 0 Å². The van der Waals surface area contributed by atoms with E-state index in [-0.39, 0.29) is 13.0 Å². The molecule has 1 aromatic carbocycles. The second-order valence-electron chi connectivity index (χ2n) is 5.20. The summed E-state index contributed by atoms with van der Waals surface area (Å²) < 4.78 is 5.21. The minimum absolute atomic E-state index is 0.166. The Morgan fingerprint density at radius 3 is 2.61 bits per heavy atom. The number of hydrogen-bond acceptors (Lipinski definition) is 3. The van der Waals surface area contributed by atoms with E-state index in [1.807, 2.05) is 30.3 Å². The molecule has 1 aliphatic heterocycles. The SMILES string of the molecule is CC(O)(CC1(C(=O)O)CCOC1)c1ccccc1. The predicted molar refractivity (Wildman–Crippen MR) is 66.1 cm³/mol. The molecule has 0 amide bonds. The van der Waals surface area contributed by atoms with Crippen LogP contribution in [-0.2, 0) is 15.1 Å². The number of hydrogen-bond donors (Lipinski definition) is 2. The van der Waals surface area contributed by atoms with E-state index in [4.69, 9.17) is 4.74 Å². The van der Waals surface area contributed by atoms with E-state index in [1.165, 1.54) is 0 Å². The van der Waals surface area contributed by atoms with Crippen LogP contribution in [0.4, 0.5) is 0 Å². The topological polar surface area (TPSA) is 66.8 Å². The van der Waals surface area contributed by atoms with Gasteiger partial charge >= 0.3 is 5.97 Å². The fourth-order valence-corrected chi connectivity index (χ4v) is 2.55. The van der Waals surface area contributed by atoms with Crippen LogP contribution in [0.3, 0.4) is 0 Å². The van der Waals surface area contributed by atoms with Gasteiger partial charge in [-0.05, 0) is 25.3 Å². The third kappa shape index (κ3) is 2.40. The molecule has 2 unspecified atom stereocenters. The van der Waals surface area contributed by atoms with E-state index in [9.17, 15) is 15.0 Å². The van der Waals surface area contributed by atoms with Gasteiger partial charge in [-0.2, -0.15) is 0 Å². The van der Waals surface area contributed by atoms with Gasteiger partial charge in [-0.1, -0.05) is 30.3 Å². The molecular weight excluding hydrogens is 232 g/mol. The summed E-state index contributed by atoms with van der Waals surface area (Å²) in [6.07, 6.45) is 0.616. The number of carboxylic acid groups (broad SMARTS) is 1. The third-order valence-corrected chi connectivity index (χ3v) is 3.64. The summed E-state index contributed by atoms with van der Waals surface area (Å²) in [4.78, 5) is 11.4. The molecule has 1 heterocycles. The van der Waals surface area contributed by atoms with Gasteiger partial charge in [-0.15, -0.1) is 0 Å². The maximum Gasteiger partial charge on any atom is 0.312 e. The molecule has 4 heteroatoms. The van der Waals surface area contributed by atoms with Crippen LogP contribution in [0.15, 0.2) is 30.3 Å². The number of carbonyl (C=O) groups is 1. The Morgan fingerprint density at radius 1 is 1.44 bits per heavy atom. The summed E-state index contributed by atoms with van der Waals surface area (Å²) in [6.45, 7) is 2.27. The molecular formula is C14H18O4. The van der Waals surface area contributed by atoms with Crippen molar-refractivity contribution in [2.45, 2.75) is 25.4 Å². The summed E-state index contributed by atoms with van der Waals surface area (Å²) in [5, 5.41) is 19.9. The first-order valence-corrected chi connectivity index (χ1v) is 6.05. The van der Waals surface area contributed by atoms with Gasteiger partial charge < -0.3 is 14.9 Å². The van der Waals surface area contributed by atoms with Gasteiger partial charge in [0.2, 0.25) is 0 Å². The monoisotopic (exact) mass is 250 g/mol. The van der Waals surface area contributed by atoms with Crippen LogP contribution < -0.4 is 0 Å². The van der Waals surface area contributed by atoms with Crippen molar-refractivity contribution in [3.05, 3.63) is 35.9 Å². The molecule has 2 rings (SSSR count). The molecule has 2 N–H and O–H groups in total. The van der Waals surface area contributed by atoms with Gasteiger partial charge in [0, 0.05) is 6.61 Å². The van der Waals surface area contributed by atoms with E-state index in [0.717, 1.165) is 5.56 Å². The highest BCUT2D eigenvalue weighted by Crippen LogP contribution is 2.41. The molecule has 0 bridgehead atoms. The average molecular weight is 250 g/mol. The highest BCUT2D eigenvalue weighted by Gasteiger charge is 2.47. The van der Waals surface area contributed by atoms with Crippen LogP contribution in [-0.4, -0.2) is 29.4 Å². The lowest BCUT2D eigenvalue weighted by Gasteiger charge is -2.32. The van der Waals surface area contributed by atoms with Gasteiger partial charge in [-0.3, -0.25) is 4.79 Å². The predicted octanol–water partition coefficient (Wildman–Crippen LogP) is 1.78. The Kier molecular flexibility index (Phi) is 3.41. The first-order chi connectivity index (χ1) is 8.46. The Bertz CT molecular complexity index is 419. The zero-order chi connectivity index (χ0) is 13.2. The lowest BCUT2D eigenvalue weighted by atomic mass is 9.75. The highest BCUT2D eigenvalue weighted by atomic mass is 16.5. The van der Waals surface area contributed by atoms with Gasteiger partial charge in [0.25, 0.3) is 0 Å². The molecule has 0 aromatic heterocycles. The lowest BCUT2D eigenvalue weighted by molar-refractivity contribution is -0.153. The summed E-state index contributed by atoms with van der Waals surface area (Å²) in [5.74, 6) is -0.892. The maximum atomic E-state index is 11.4. The number of aliphatic carboxylic acids is 1. The second kappa shape index (κ2) is 4.71. The summed E-state index contributed by atoms with van der Waals surface area (Å²) >= 11 is 0. The van der Waals surface area contributed by atoms with E-state index < -0.39 is 17.0 Å². The Balaban J connectivity index is 2.24. The van der Waals surface area contributed by atoms with Crippen molar-refractivity contribution in [2.75, 3.05) is 13.2 Å². The van der Waals surface area contributed by atoms with Crippen LogP contribution in [0.25, 0.3) is 0 Å². The fraction of sp³-hybridized carbons (Fsp3) is 0.500. The molecule has 0 radical (unpaired) electrons. The molecule has 2 atom stereocenters. The number of rotatable bonds is 4. The quantitative estimate of drug-likeness (QED) is 0.854. The van der Waals surface area contributed by atoms with Gasteiger partial charge in [0.15, 0.2) is 0 Å². The van der Waals surface area contributed by atoms with E-state index in [2.05, 4.69) is 0 Å². The van der Waals surface area contributed by atoms with Crippen molar-refractivity contribution in [3.8, 4) is 0 Å². The van der Waals surface area contributed by atoms with Crippen molar-refractivity contribution < 1.29 is 19.7 Å². The zero-order valence-electron chi connectivity index (χ0n) is 10.4. The number of benzene rings is 1. The largest absolute Gasteiger partial charge is 0.481 e. The molecule has 0 aliphatic carbocycles. The summed E-state index contributed by atoms with van der Waals surface area (Å²) in [7, 11) is 0. The Hall–Kier alpha value is -1.39. The van der Waals surface area contributed by atoms with Crippen LogP contribution in [0, 0.1) is 5.41 Å². The number of carboxylic acids is 1. The summed E-state index contributed by atoms with van der Waals surface area (Å²) in [6, 6.07) is 9.16. The first kappa shape index (κ1) is 13.1. The molecule has 0 spiro atoms. The van der Waals surface area contributed by atoms with Gasteiger partial charge in [0.1, 0.15) is 0 Å². The smallest absolute Gasteiger partial charge is 0.312 e. The minimum Gasteiger partial charge on any atom is -0.481 e. The second-order valence-corrected chi connectivity index (χ2v) is 5.20. The average Bonchev–Trinajstić information content (AvgIpc) is 2.79. The van der Waals surface area contributed by atoms with Crippen molar-refractivity contribution in [1.82, 2.24) is 0 Å². The normalized spacial score (nSPS) is 26.8. The van der Waals surface area contributed by atoms with Crippen molar-refractivity contribution in [2.24, 2.45) is 5.41 Å². The molecule has 1 fully saturated rings. The van der Waals surface area contributed by atoms with Crippen LogP contribution >= 0.6 is 0 Å². The van der Waals surface area contributed by atoms with Crippen LogP contribution in [0.1, 0.15) is 25.3 Å². The molecule has 0 saturated carbocycles. The highest BCUT2D eigenvalue weighted by molar-refractivity contribution is 5.75.